The van der Waals surface area contributed by atoms with Gasteiger partial charge in [0.05, 0.1) is 0 Å². The van der Waals surface area contributed by atoms with Crippen molar-refractivity contribution >= 4 is 11.6 Å². The molecule has 0 saturated carbocycles. The summed E-state index contributed by atoms with van der Waals surface area (Å²) in [5.74, 6) is 1.32. The van der Waals surface area contributed by atoms with E-state index in [9.17, 15) is 0 Å². The highest BCUT2D eigenvalue weighted by atomic mass is 35.5. The Labute approximate surface area is 111 Å². The molecule has 0 aliphatic rings. The van der Waals surface area contributed by atoms with Crippen molar-refractivity contribution < 1.29 is 0 Å². The lowest BCUT2D eigenvalue weighted by molar-refractivity contribution is 0.364. The van der Waals surface area contributed by atoms with Crippen molar-refractivity contribution in [2.45, 2.75) is 34.1 Å². The predicted molar refractivity (Wildman–Crippen MR) is 76.8 cm³/mol. The fourth-order valence-electron chi connectivity index (χ4n) is 1.97. The Kier molecular flexibility index (Phi) is 6.01. The molecule has 1 nitrogen and oxygen atoms in total. The summed E-state index contributed by atoms with van der Waals surface area (Å²) in [6.45, 7) is 10.9. The highest BCUT2D eigenvalue weighted by Crippen LogP contribution is 2.23. The van der Waals surface area contributed by atoms with E-state index >= 15 is 0 Å². The zero-order valence-electron chi connectivity index (χ0n) is 11.4. The molecule has 1 aromatic carbocycles. The lowest BCUT2D eigenvalue weighted by atomic mass is 9.89. The average molecular weight is 254 g/mol. The van der Waals surface area contributed by atoms with E-state index in [-0.39, 0.29) is 0 Å². The van der Waals surface area contributed by atoms with Crippen molar-refractivity contribution in [1.82, 2.24) is 5.32 Å². The molecule has 0 aliphatic carbocycles. The number of aryl methyl sites for hydroxylation is 1. The smallest absolute Gasteiger partial charge is 0.0440 e. The number of hydrogen-bond donors (Lipinski definition) is 1. The van der Waals surface area contributed by atoms with E-state index < -0.39 is 0 Å². The first-order chi connectivity index (χ1) is 8.04. The van der Waals surface area contributed by atoms with Crippen LogP contribution in [0.2, 0.25) is 5.02 Å². The van der Waals surface area contributed by atoms with Crippen molar-refractivity contribution in [3.8, 4) is 0 Å². The molecule has 0 spiro atoms. The molecule has 1 atom stereocenters. The summed E-state index contributed by atoms with van der Waals surface area (Å²) in [5, 5.41) is 4.35. The Bertz CT molecular complexity index is 347. The maximum absolute atomic E-state index is 6.29. The summed E-state index contributed by atoms with van der Waals surface area (Å²) in [6, 6.07) is 6.37. The monoisotopic (exact) mass is 253 g/mol. The van der Waals surface area contributed by atoms with Crippen molar-refractivity contribution in [3.63, 3.8) is 0 Å². The third-order valence-corrected chi connectivity index (χ3v) is 3.64. The summed E-state index contributed by atoms with van der Waals surface area (Å²) < 4.78 is 0. The zero-order chi connectivity index (χ0) is 12.8. The SMILES string of the molecule is CCNCC(Cc1ccc(C)cc1Cl)C(C)C. The van der Waals surface area contributed by atoms with Crippen LogP contribution in [0, 0.1) is 18.8 Å². The largest absolute Gasteiger partial charge is 0.317 e. The molecule has 0 heterocycles. The molecule has 0 saturated heterocycles. The maximum Gasteiger partial charge on any atom is 0.0440 e. The maximum atomic E-state index is 6.29. The summed E-state index contributed by atoms with van der Waals surface area (Å²) in [5.41, 5.74) is 2.50. The van der Waals surface area contributed by atoms with Gasteiger partial charge in [-0.05, 0) is 55.5 Å². The predicted octanol–water partition coefficient (Wildman–Crippen LogP) is 4.07. The molecular weight excluding hydrogens is 230 g/mol. The van der Waals surface area contributed by atoms with Gasteiger partial charge in [0.15, 0.2) is 0 Å². The molecule has 17 heavy (non-hydrogen) atoms. The van der Waals surface area contributed by atoms with Crippen LogP contribution in [0.4, 0.5) is 0 Å². The second-order valence-corrected chi connectivity index (χ2v) is 5.52. The quantitative estimate of drug-likeness (QED) is 0.806. The molecule has 0 radical (unpaired) electrons. The molecule has 1 rings (SSSR count). The van der Waals surface area contributed by atoms with Gasteiger partial charge in [0.2, 0.25) is 0 Å². The highest BCUT2D eigenvalue weighted by Gasteiger charge is 2.15. The van der Waals surface area contributed by atoms with Gasteiger partial charge < -0.3 is 5.32 Å². The van der Waals surface area contributed by atoms with Gasteiger partial charge in [-0.2, -0.15) is 0 Å². The lowest BCUT2D eigenvalue weighted by Crippen LogP contribution is -2.27. The van der Waals surface area contributed by atoms with Crippen LogP contribution >= 0.6 is 11.6 Å². The Morgan fingerprint density at radius 1 is 1.29 bits per heavy atom. The topological polar surface area (TPSA) is 12.0 Å². The molecule has 2 heteroatoms. The van der Waals surface area contributed by atoms with Crippen LogP contribution < -0.4 is 5.32 Å². The Morgan fingerprint density at radius 3 is 2.53 bits per heavy atom. The van der Waals surface area contributed by atoms with Crippen LogP contribution in [0.15, 0.2) is 18.2 Å². The minimum absolute atomic E-state index is 0.648. The standard InChI is InChI=1S/C15H24ClN/c1-5-17-10-14(11(2)3)9-13-7-6-12(4)8-15(13)16/h6-8,11,14,17H,5,9-10H2,1-4H3. The van der Waals surface area contributed by atoms with Crippen molar-refractivity contribution in [2.75, 3.05) is 13.1 Å². The van der Waals surface area contributed by atoms with Crippen LogP contribution in [0.5, 0.6) is 0 Å². The van der Waals surface area contributed by atoms with Gasteiger partial charge in [-0.25, -0.2) is 0 Å². The first-order valence-electron chi connectivity index (χ1n) is 6.50. The van der Waals surface area contributed by atoms with E-state index in [4.69, 9.17) is 11.6 Å². The van der Waals surface area contributed by atoms with Gasteiger partial charge in [-0.3, -0.25) is 0 Å². The summed E-state index contributed by atoms with van der Waals surface area (Å²) in [6.07, 6.45) is 1.06. The van der Waals surface area contributed by atoms with Gasteiger partial charge in [0, 0.05) is 5.02 Å². The summed E-state index contributed by atoms with van der Waals surface area (Å²) in [4.78, 5) is 0. The van der Waals surface area contributed by atoms with Crippen molar-refractivity contribution in [3.05, 3.63) is 34.3 Å². The van der Waals surface area contributed by atoms with E-state index in [0.717, 1.165) is 24.5 Å². The second-order valence-electron chi connectivity index (χ2n) is 5.11. The van der Waals surface area contributed by atoms with Gasteiger partial charge in [0.25, 0.3) is 0 Å². The fraction of sp³-hybridized carbons (Fsp3) is 0.600. The second kappa shape index (κ2) is 7.03. The van der Waals surface area contributed by atoms with E-state index in [1.54, 1.807) is 0 Å². The first-order valence-corrected chi connectivity index (χ1v) is 6.88. The molecule has 96 valence electrons. The molecule has 1 N–H and O–H groups in total. The summed E-state index contributed by atoms with van der Waals surface area (Å²) in [7, 11) is 0. The highest BCUT2D eigenvalue weighted by molar-refractivity contribution is 6.31. The number of hydrogen-bond acceptors (Lipinski definition) is 1. The van der Waals surface area contributed by atoms with Crippen molar-refractivity contribution in [1.29, 1.82) is 0 Å². The van der Waals surface area contributed by atoms with Gasteiger partial charge in [-0.15, -0.1) is 0 Å². The molecule has 0 bridgehead atoms. The minimum Gasteiger partial charge on any atom is -0.317 e. The van der Waals surface area contributed by atoms with E-state index in [2.05, 4.69) is 51.2 Å². The van der Waals surface area contributed by atoms with E-state index in [1.807, 2.05) is 0 Å². The number of nitrogens with one attached hydrogen (secondary N) is 1. The number of halogens is 1. The van der Waals surface area contributed by atoms with Crippen LogP contribution in [-0.4, -0.2) is 13.1 Å². The van der Waals surface area contributed by atoms with Crippen LogP contribution in [0.1, 0.15) is 31.9 Å². The fourth-order valence-corrected chi connectivity index (χ4v) is 2.29. The van der Waals surface area contributed by atoms with E-state index in [1.165, 1.54) is 11.1 Å². The average Bonchev–Trinajstić information content (AvgIpc) is 2.26. The van der Waals surface area contributed by atoms with Gasteiger partial charge >= 0.3 is 0 Å². The Hall–Kier alpha value is -0.530. The van der Waals surface area contributed by atoms with Gasteiger partial charge in [-0.1, -0.05) is 44.5 Å². The minimum atomic E-state index is 0.648. The Balaban J connectivity index is 2.71. The Morgan fingerprint density at radius 2 is 2.00 bits per heavy atom. The summed E-state index contributed by atoms with van der Waals surface area (Å²) >= 11 is 6.29. The molecule has 0 aromatic heterocycles. The molecular formula is C15H24ClN. The molecule has 0 amide bonds. The van der Waals surface area contributed by atoms with Crippen LogP contribution in [0.25, 0.3) is 0 Å². The van der Waals surface area contributed by atoms with Crippen LogP contribution in [-0.2, 0) is 6.42 Å². The van der Waals surface area contributed by atoms with Gasteiger partial charge in [0.1, 0.15) is 0 Å². The molecule has 0 aliphatic heterocycles. The van der Waals surface area contributed by atoms with Crippen molar-refractivity contribution in [2.24, 2.45) is 11.8 Å². The first kappa shape index (κ1) is 14.5. The normalized spacial score (nSPS) is 13.1. The number of rotatable bonds is 6. The van der Waals surface area contributed by atoms with Crippen LogP contribution in [0.3, 0.4) is 0 Å². The lowest BCUT2D eigenvalue weighted by Gasteiger charge is -2.22. The zero-order valence-corrected chi connectivity index (χ0v) is 12.1. The van der Waals surface area contributed by atoms with E-state index in [0.29, 0.717) is 11.8 Å². The molecule has 1 unspecified atom stereocenters. The molecule has 0 fully saturated rings. The third-order valence-electron chi connectivity index (χ3n) is 3.29. The molecule has 1 aromatic rings. The third kappa shape index (κ3) is 4.69. The number of benzene rings is 1.